The maximum Gasteiger partial charge on any atom is 0.304 e. The molecule has 0 radical (unpaired) electrons. The highest BCUT2D eigenvalue weighted by atomic mass is 16.5. The van der Waals surface area contributed by atoms with Crippen LogP contribution >= 0.6 is 0 Å². The summed E-state index contributed by atoms with van der Waals surface area (Å²) in [5.41, 5.74) is 7.58. The van der Waals surface area contributed by atoms with Crippen molar-refractivity contribution in [1.82, 2.24) is 4.98 Å². The second-order valence-corrected chi connectivity index (χ2v) is 11.2. The molecule has 5 rings (SSSR count). The van der Waals surface area contributed by atoms with Gasteiger partial charge < -0.3 is 25.0 Å². The normalized spacial score (nSPS) is 18.0. The molecule has 7 heteroatoms. The molecule has 1 aliphatic carbocycles. The van der Waals surface area contributed by atoms with Gasteiger partial charge in [0.05, 0.1) is 31.3 Å². The van der Waals surface area contributed by atoms with Gasteiger partial charge in [-0.1, -0.05) is 18.2 Å². The minimum absolute atomic E-state index is 0.0486. The van der Waals surface area contributed by atoms with Crippen molar-refractivity contribution in [3.05, 3.63) is 70.4 Å². The molecule has 1 unspecified atom stereocenters. The number of pyridine rings is 1. The number of nitrogens with one attached hydrogen (secondary N) is 1. The molecule has 0 fully saturated rings. The van der Waals surface area contributed by atoms with Gasteiger partial charge in [0.25, 0.3) is 0 Å². The molecule has 7 nitrogen and oxygen atoms in total. The van der Waals surface area contributed by atoms with Gasteiger partial charge in [0.2, 0.25) is 0 Å². The van der Waals surface area contributed by atoms with Crippen molar-refractivity contribution < 1.29 is 24.5 Å². The van der Waals surface area contributed by atoms with E-state index < -0.39 is 11.6 Å². The number of ether oxygens (including phenoxy) is 2. The van der Waals surface area contributed by atoms with E-state index in [1.807, 2.05) is 6.07 Å². The second-order valence-electron chi connectivity index (χ2n) is 11.2. The van der Waals surface area contributed by atoms with Crippen molar-refractivity contribution >= 4 is 11.8 Å². The van der Waals surface area contributed by atoms with Crippen LogP contribution in [-0.2, 0) is 11.2 Å². The zero-order valence-corrected chi connectivity index (χ0v) is 22.5. The van der Waals surface area contributed by atoms with E-state index in [2.05, 4.69) is 54.5 Å². The fourth-order valence-corrected chi connectivity index (χ4v) is 5.69. The van der Waals surface area contributed by atoms with Crippen molar-refractivity contribution in [2.24, 2.45) is 0 Å². The van der Waals surface area contributed by atoms with Crippen molar-refractivity contribution in [1.29, 1.82) is 0 Å². The van der Waals surface area contributed by atoms with E-state index >= 15 is 0 Å². The van der Waals surface area contributed by atoms with Crippen LogP contribution in [0.5, 0.6) is 11.5 Å². The molecule has 1 aromatic heterocycles. The van der Waals surface area contributed by atoms with E-state index in [4.69, 9.17) is 14.6 Å². The standard InChI is InChI=1S/C31H36N2O5/c1-18-12-21(37-11-10-31(3,4)36)13-19(2)30(18)24-7-5-6-23-22(24)8-9-26(23)33-28-15-27-25(16-32-28)20(17-38-27)14-29(34)35/h5-7,12-13,15-16,20,26,36H,8-11,14,17H2,1-4H3,(H,32,33)(H,34,35)/t20?,26-/m1/s1. The largest absolute Gasteiger partial charge is 0.493 e. The fraction of sp³-hybridized carbons (Fsp3) is 0.419. The summed E-state index contributed by atoms with van der Waals surface area (Å²) < 4.78 is 11.7. The molecule has 200 valence electrons. The summed E-state index contributed by atoms with van der Waals surface area (Å²) in [6.45, 7) is 8.69. The molecule has 2 atom stereocenters. The van der Waals surface area contributed by atoms with Crippen molar-refractivity contribution in [2.75, 3.05) is 18.5 Å². The number of aliphatic hydroxyl groups is 1. The summed E-state index contributed by atoms with van der Waals surface area (Å²) >= 11 is 0. The quantitative estimate of drug-likeness (QED) is 0.323. The number of aromatic nitrogens is 1. The molecule has 2 aliphatic rings. The lowest BCUT2D eigenvalue weighted by molar-refractivity contribution is -0.137. The van der Waals surface area contributed by atoms with Crippen LogP contribution in [0.15, 0.2) is 42.6 Å². The van der Waals surface area contributed by atoms with Gasteiger partial charge in [-0.2, -0.15) is 0 Å². The molecule has 1 aliphatic heterocycles. The Bertz CT molecular complexity index is 1340. The Kier molecular flexibility index (Phi) is 7.05. The minimum Gasteiger partial charge on any atom is -0.493 e. The highest BCUT2D eigenvalue weighted by molar-refractivity contribution is 5.76. The first kappa shape index (κ1) is 26.0. The topological polar surface area (TPSA) is 101 Å². The molecule has 0 saturated heterocycles. The summed E-state index contributed by atoms with van der Waals surface area (Å²) in [5, 5.41) is 22.7. The van der Waals surface area contributed by atoms with Gasteiger partial charge in [-0.15, -0.1) is 0 Å². The molecule has 2 heterocycles. The molecular weight excluding hydrogens is 480 g/mol. The average molecular weight is 517 g/mol. The third-order valence-electron chi connectivity index (χ3n) is 7.55. The highest BCUT2D eigenvalue weighted by Crippen LogP contribution is 2.43. The van der Waals surface area contributed by atoms with Crippen LogP contribution in [0.1, 0.15) is 72.9 Å². The van der Waals surface area contributed by atoms with E-state index in [9.17, 15) is 9.90 Å². The van der Waals surface area contributed by atoms with Crippen LogP contribution in [0.3, 0.4) is 0 Å². The van der Waals surface area contributed by atoms with E-state index in [1.54, 1.807) is 20.0 Å². The first-order chi connectivity index (χ1) is 18.1. The number of hydrogen-bond donors (Lipinski definition) is 3. The van der Waals surface area contributed by atoms with Gasteiger partial charge in [0.1, 0.15) is 17.3 Å². The summed E-state index contributed by atoms with van der Waals surface area (Å²) in [6, 6.07) is 12.7. The summed E-state index contributed by atoms with van der Waals surface area (Å²) in [5.74, 6) is 1.31. The fourth-order valence-electron chi connectivity index (χ4n) is 5.69. The number of carboxylic acids is 1. The molecule has 0 spiro atoms. The Morgan fingerprint density at radius 1 is 1.18 bits per heavy atom. The number of aryl methyl sites for hydroxylation is 2. The second kappa shape index (κ2) is 10.3. The number of carbonyl (C=O) groups is 1. The lowest BCUT2D eigenvalue weighted by Gasteiger charge is -2.20. The number of carboxylic acid groups (broad SMARTS) is 1. The zero-order valence-electron chi connectivity index (χ0n) is 22.5. The summed E-state index contributed by atoms with van der Waals surface area (Å²) in [7, 11) is 0. The highest BCUT2D eigenvalue weighted by Gasteiger charge is 2.29. The average Bonchev–Trinajstić information content (AvgIpc) is 3.42. The number of fused-ring (bicyclic) bond motifs is 2. The van der Waals surface area contributed by atoms with Gasteiger partial charge in [-0.25, -0.2) is 4.98 Å². The van der Waals surface area contributed by atoms with Crippen LogP contribution in [0.25, 0.3) is 11.1 Å². The Balaban J connectivity index is 1.35. The summed E-state index contributed by atoms with van der Waals surface area (Å²) in [6.07, 6.45) is 4.30. The van der Waals surface area contributed by atoms with Gasteiger partial charge >= 0.3 is 5.97 Å². The van der Waals surface area contributed by atoms with Gasteiger partial charge in [-0.05, 0) is 86.1 Å². The van der Waals surface area contributed by atoms with Crippen LogP contribution in [0, 0.1) is 13.8 Å². The predicted molar refractivity (Wildman–Crippen MR) is 147 cm³/mol. The SMILES string of the molecule is Cc1cc(OCCC(C)(C)O)cc(C)c1-c1cccc2c1CC[C@H]2Nc1cc2c(cn1)C(CC(=O)O)CO2. The van der Waals surface area contributed by atoms with Crippen LogP contribution in [-0.4, -0.2) is 40.0 Å². The molecule has 38 heavy (non-hydrogen) atoms. The maximum atomic E-state index is 11.1. The molecule has 3 aromatic rings. The Hall–Kier alpha value is -3.58. The number of rotatable bonds is 9. The smallest absolute Gasteiger partial charge is 0.304 e. The van der Waals surface area contributed by atoms with Crippen molar-refractivity contribution in [2.45, 2.75) is 70.9 Å². The first-order valence-corrected chi connectivity index (χ1v) is 13.3. The third-order valence-corrected chi connectivity index (χ3v) is 7.55. The molecule has 3 N–H and O–H groups in total. The Labute approximate surface area is 223 Å². The molecule has 0 amide bonds. The van der Waals surface area contributed by atoms with E-state index in [-0.39, 0.29) is 18.4 Å². The predicted octanol–water partition coefficient (Wildman–Crippen LogP) is 5.96. The van der Waals surface area contributed by atoms with Gasteiger partial charge in [0.15, 0.2) is 0 Å². The number of nitrogens with zero attached hydrogens (tertiary/aromatic N) is 1. The first-order valence-electron chi connectivity index (χ1n) is 13.3. The van der Waals surface area contributed by atoms with E-state index in [1.165, 1.54) is 33.4 Å². The summed E-state index contributed by atoms with van der Waals surface area (Å²) in [4.78, 5) is 15.7. The molecule has 0 saturated carbocycles. The molecule has 2 aromatic carbocycles. The number of benzene rings is 2. The van der Waals surface area contributed by atoms with Crippen LogP contribution in [0.2, 0.25) is 0 Å². The number of hydrogen-bond acceptors (Lipinski definition) is 6. The van der Waals surface area contributed by atoms with Crippen LogP contribution < -0.4 is 14.8 Å². The van der Waals surface area contributed by atoms with E-state index in [0.29, 0.717) is 19.6 Å². The maximum absolute atomic E-state index is 11.1. The Morgan fingerprint density at radius 3 is 2.66 bits per heavy atom. The lowest BCUT2D eigenvalue weighted by atomic mass is 9.90. The number of aliphatic carboxylic acids is 1. The third kappa shape index (κ3) is 5.48. The van der Waals surface area contributed by atoms with Gasteiger partial charge in [0, 0.05) is 30.2 Å². The number of anilines is 1. The molecular formula is C31H36N2O5. The Morgan fingerprint density at radius 2 is 1.95 bits per heavy atom. The lowest BCUT2D eigenvalue weighted by Crippen LogP contribution is -2.21. The van der Waals surface area contributed by atoms with Crippen molar-refractivity contribution in [3.63, 3.8) is 0 Å². The minimum atomic E-state index is -0.828. The monoisotopic (exact) mass is 516 g/mol. The van der Waals surface area contributed by atoms with E-state index in [0.717, 1.165) is 35.7 Å². The van der Waals surface area contributed by atoms with Crippen LogP contribution in [0.4, 0.5) is 5.82 Å². The molecule has 0 bridgehead atoms. The van der Waals surface area contributed by atoms with Gasteiger partial charge in [-0.3, -0.25) is 4.79 Å². The van der Waals surface area contributed by atoms with Crippen molar-refractivity contribution in [3.8, 4) is 22.6 Å². The zero-order chi connectivity index (χ0) is 27.0.